The van der Waals surface area contributed by atoms with Crippen molar-refractivity contribution in [2.75, 3.05) is 49.6 Å². The topological polar surface area (TPSA) is 127 Å². The van der Waals surface area contributed by atoms with Gasteiger partial charge < -0.3 is 30.2 Å². The maximum absolute atomic E-state index is 12.5. The highest BCUT2D eigenvalue weighted by Crippen LogP contribution is 2.30. The first-order valence-electron chi connectivity index (χ1n) is 13.6. The molecule has 0 bridgehead atoms. The molecule has 2 fully saturated rings. The second-order valence-corrected chi connectivity index (χ2v) is 10.2. The number of cyclic esters (lactones) is 1. The zero-order valence-corrected chi connectivity index (χ0v) is 22.1. The monoisotopic (exact) mass is 544 g/mol. The standard InChI is InChI=1S/C29H32N6O5/c36-26-18-38-24-7-8-25(33-28(24)34-26)35-16-22(40-29(35)37)10-12-31-14-19-3-1-4-21(13-19)23-5-2-6-27(32-23)39-17-20-9-11-30-15-20/h1-8,13,20,22,30-31H,9-12,14-18H2,(H,33,34,36). The summed E-state index contributed by atoms with van der Waals surface area (Å²) in [6.45, 7) is 4.42. The van der Waals surface area contributed by atoms with E-state index in [1.807, 2.05) is 24.3 Å². The van der Waals surface area contributed by atoms with E-state index >= 15 is 0 Å². The van der Waals surface area contributed by atoms with Crippen molar-refractivity contribution in [2.45, 2.75) is 25.5 Å². The van der Waals surface area contributed by atoms with Crippen molar-refractivity contribution < 1.29 is 23.8 Å². The molecule has 2 unspecified atom stereocenters. The summed E-state index contributed by atoms with van der Waals surface area (Å²) in [4.78, 5) is 34.6. The summed E-state index contributed by atoms with van der Waals surface area (Å²) in [5.41, 5.74) is 3.05. The van der Waals surface area contributed by atoms with Gasteiger partial charge in [0, 0.05) is 30.6 Å². The number of hydrogen-bond donors (Lipinski definition) is 3. The number of aromatic nitrogens is 2. The summed E-state index contributed by atoms with van der Waals surface area (Å²) in [5, 5.41) is 9.47. The maximum Gasteiger partial charge on any atom is 0.415 e. The lowest BCUT2D eigenvalue weighted by Gasteiger charge is -2.19. The number of nitrogens with one attached hydrogen (secondary N) is 3. The van der Waals surface area contributed by atoms with Gasteiger partial charge in [-0.2, -0.15) is 0 Å². The molecule has 0 aliphatic carbocycles. The molecule has 0 saturated carbocycles. The number of benzene rings is 1. The van der Waals surface area contributed by atoms with Crippen molar-refractivity contribution in [3.8, 4) is 22.9 Å². The molecule has 11 heteroatoms. The average Bonchev–Trinajstić information content (AvgIpc) is 3.64. The predicted octanol–water partition coefficient (Wildman–Crippen LogP) is 2.97. The van der Waals surface area contributed by atoms with Crippen LogP contribution in [-0.2, 0) is 16.1 Å². The lowest BCUT2D eigenvalue weighted by Crippen LogP contribution is -2.29. The van der Waals surface area contributed by atoms with Crippen molar-refractivity contribution in [3.63, 3.8) is 0 Å². The molecular formula is C29H32N6O5. The van der Waals surface area contributed by atoms with Crippen molar-refractivity contribution in [1.82, 2.24) is 20.6 Å². The van der Waals surface area contributed by atoms with Crippen LogP contribution in [0.3, 0.4) is 0 Å². The first-order chi connectivity index (χ1) is 19.6. The first-order valence-corrected chi connectivity index (χ1v) is 13.6. The molecule has 2 amide bonds. The Morgan fingerprint density at radius 3 is 2.92 bits per heavy atom. The Hall–Kier alpha value is -4.22. The quantitative estimate of drug-likeness (QED) is 0.330. The Labute approximate surface area is 232 Å². The lowest BCUT2D eigenvalue weighted by atomic mass is 10.1. The van der Waals surface area contributed by atoms with Gasteiger partial charge in [-0.3, -0.25) is 9.69 Å². The number of amides is 2. The predicted molar refractivity (Wildman–Crippen MR) is 148 cm³/mol. The van der Waals surface area contributed by atoms with Gasteiger partial charge in [-0.05, 0) is 55.8 Å². The molecule has 2 saturated heterocycles. The van der Waals surface area contributed by atoms with Crippen LogP contribution >= 0.6 is 0 Å². The highest BCUT2D eigenvalue weighted by atomic mass is 16.6. The molecule has 208 valence electrons. The Morgan fingerprint density at radius 1 is 1.10 bits per heavy atom. The van der Waals surface area contributed by atoms with E-state index in [-0.39, 0.29) is 18.6 Å². The highest BCUT2D eigenvalue weighted by molar-refractivity contribution is 5.95. The molecule has 3 aromatic rings. The molecule has 5 heterocycles. The summed E-state index contributed by atoms with van der Waals surface area (Å²) in [6, 6.07) is 17.5. The molecule has 2 aromatic heterocycles. The minimum absolute atomic E-state index is 0.0449. The zero-order valence-electron chi connectivity index (χ0n) is 22.1. The van der Waals surface area contributed by atoms with Crippen LogP contribution in [-0.4, -0.2) is 67.5 Å². The fraction of sp³-hybridized carbons (Fsp3) is 0.379. The summed E-state index contributed by atoms with van der Waals surface area (Å²) in [7, 11) is 0. The van der Waals surface area contributed by atoms with Gasteiger partial charge in [-0.15, -0.1) is 0 Å². The Bertz CT molecular complexity index is 1380. The van der Waals surface area contributed by atoms with Crippen molar-refractivity contribution in [1.29, 1.82) is 0 Å². The van der Waals surface area contributed by atoms with Gasteiger partial charge in [0.15, 0.2) is 18.2 Å². The van der Waals surface area contributed by atoms with Gasteiger partial charge >= 0.3 is 6.09 Å². The van der Waals surface area contributed by atoms with Crippen molar-refractivity contribution >= 4 is 23.6 Å². The number of pyridine rings is 2. The van der Waals surface area contributed by atoms with E-state index < -0.39 is 6.09 Å². The number of rotatable bonds is 10. The molecule has 0 spiro atoms. The minimum atomic E-state index is -0.452. The van der Waals surface area contributed by atoms with Crippen LogP contribution in [0.1, 0.15) is 18.4 Å². The van der Waals surface area contributed by atoms with E-state index in [2.05, 4.69) is 39.1 Å². The fourth-order valence-corrected chi connectivity index (χ4v) is 5.02. The maximum atomic E-state index is 12.5. The number of anilines is 2. The molecule has 40 heavy (non-hydrogen) atoms. The van der Waals surface area contributed by atoms with Crippen LogP contribution in [0, 0.1) is 5.92 Å². The molecule has 3 aliphatic heterocycles. The Balaban J connectivity index is 0.986. The molecule has 2 atom stereocenters. The van der Waals surface area contributed by atoms with E-state index in [4.69, 9.17) is 19.2 Å². The fourth-order valence-electron chi connectivity index (χ4n) is 5.02. The summed E-state index contributed by atoms with van der Waals surface area (Å²) in [6.07, 6.45) is 1.08. The number of carbonyl (C=O) groups excluding carboxylic acids is 2. The van der Waals surface area contributed by atoms with Gasteiger partial charge in [0.1, 0.15) is 11.9 Å². The van der Waals surface area contributed by atoms with E-state index in [0.717, 1.165) is 36.3 Å². The third kappa shape index (κ3) is 6.16. The molecule has 1 aromatic carbocycles. The smallest absolute Gasteiger partial charge is 0.415 e. The number of hydrogen-bond acceptors (Lipinski definition) is 9. The third-order valence-corrected chi connectivity index (χ3v) is 7.16. The molecule has 6 rings (SSSR count). The zero-order chi connectivity index (χ0) is 27.3. The second-order valence-electron chi connectivity index (χ2n) is 10.2. The van der Waals surface area contributed by atoms with Gasteiger partial charge in [0.25, 0.3) is 5.91 Å². The van der Waals surface area contributed by atoms with Crippen LogP contribution in [0.2, 0.25) is 0 Å². The van der Waals surface area contributed by atoms with Gasteiger partial charge in [-0.1, -0.05) is 24.3 Å². The lowest BCUT2D eigenvalue weighted by molar-refractivity contribution is -0.118. The highest BCUT2D eigenvalue weighted by Gasteiger charge is 2.33. The van der Waals surface area contributed by atoms with Crippen LogP contribution in [0.5, 0.6) is 11.6 Å². The number of fused-ring (bicyclic) bond motifs is 1. The molecule has 3 N–H and O–H groups in total. The van der Waals surface area contributed by atoms with Crippen LogP contribution in [0.4, 0.5) is 16.4 Å². The second kappa shape index (κ2) is 11.9. The summed E-state index contributed by atoms with van der Waals surface area (Å²) >= 11 is 0. The van der Waals surface area contributed by atoms with Crippen molar-refractivity contribution in [3.05, 3.63) is 60.2 Å². The average molecular weight is 545 g/mol. The Morgan fingerprint density at radius 2 is 2.02 bits per heavy atom. The summed E-state index contributed by atoms with van der Waals surface area (Å²) in [5.74, 6) is 2.12. The van der Waals surface area contributed by atoms with Crippen LogP contribution in [0.25, 0.3) is 11.3 Å². The molecule has 11 nitrogen and oxygen atoms in total. The number of ether oxygens (including phenoxy) is 3. The van der Waals surface area contributed by atoms with E-state index in [9.17, 15) is 9.59 Å². The van der Waals surface area contributed by atoms with Crippen LogP contribution < -0.4 is 30.3 Å². The largest absolute Gasteiger partial charge is 0.480 e. The molecule has 3 aliphatic rings. The normalized spacial score (nSPS) is 20.1. The van der Waals surface area contributed by atoms with Crippen molar-refractivity contribution in [2.24, 2.45) is 5.92 Å². The van der Waals surface area contributed by atoms with E-state index in [1.54, 1.807) is 12.1 Å². The van der Waals surface area contributed by atoms with Gasteiger partial charge in [0.05, 0.1) is 18.8 Å². The molecular weight excluding hydrogens is 512 g/mol. The first kappa shape index (κ1) is 26.0. The van der Waals surface area contributed by atoms with Gasteiger partial charge in [-0.25, -0.2) is 14.8 Å². The minimum Gasteiger partial charge on any atom is -0.480 e. The van der Waals surface area contributed by atoms with Gasteiger partial charge in [0.2, 0.25) is 5.88 Å². The third-order valence-electron chi connectivity index (χ3n) is 7.16. The summed E-state index contributed by atoms with van der Waals surface area (Å²) < 4.78 is 16.8. The van der Waals surface area contributed by atoms with E-state index in [1.165, 1.54) is 4.90 Å². The number of nitrogens with zero attached hydrogens (tertiary/aromatic N) is 3. The van der Waals surface area contributed by atoms with E-state index in [0.29, 0.717) is 61.8 Å². The Kier molecular flexibility index (Phi) is 7.73. The van der Waals surface area contributed by atoms with Crippen LogP contribution in [0.15, 0.2) is 54.6 Å². The SMILES string of the molecule is O=C1COc2ccc(N3CC(CCNCc4cccc(-c5cccc(OCC6CCNC6)n5)c4)OC3=O)nc2N1. The number of carbonyl (C=O) groups is 2. The molecule has 0 radical (unpaired) electrons.